The van der Waals surface area contributed by atoms with Crippen LogP contribution in [0.1, 0.15) is 22.7 Å². The zero-order valence-corrected chi connectivity index (χ0v) is 13.0. The van der Waals surface area contributed by atoms with Crippen molar-refractivity contribution in [3.8, 4) is 0 Å². The Morgan fingerprint density at radius 1 is 1.24 bits per heavy atom. The average molecular weight is 379 g/mol. The molecule has 0 saturated carbocycles. The number of hydrogen-bond acceptors (Lipinski definition) is 2. The van der Waals surface area contributed by atoms with Gasteiger partial charge in [0.15, 0.2) is 0 Å². The molecule has 2 aromatic rings. The maximum absolute atomic E-state index is 13.3. The summed E-state index contributed by atoms with van der Waals surface area (Å²) in [4.78, 5) is 0. The van der Waals surface area contributed by atoms with Crippen molar-refractivity contribution in [2.75, 3.05) is 0 Å². The van der Waals surface area contributed by atoms with Gasteiger partial charge in [0.05, 0.1) is 13.6 Å². The molecule has 5 heteroatoms. The molecule has 0 amide bonds. The number of nitrogens with two attached hydrogens (primary N) is 1. The Morgan fingerprint density at radius 3 is 2.47 bits per heavy atom. The van der Waals surface area contributed by atoms with Crippen LogP contribution in [0.25, 0.3) is 0 Å². The third-order valence-electron chi connectivity index (χ3n) is 2.44. The van der Waals surface area contributed by atoms with E-state index in [-0.39, 0.29) is 11.9 Å². The van der Waals surface area contributed by atoms with Gasteiger partial charge < -0.3 is 5.73 Å². The van der Waals surface area contributed by atoms with Gasteiger partial charge in [-0.2, -0.15) is 0 Å². The normalized spacial score (nSPS) is 12.8. The fourth-order valence-corrected chi connectivity index (χ4v) is 4.62. The van der Waals surface area contributed by atoms with Crippen molar-refractivity contribution in [2.24, 2.45) is 5.73 Å². The van der Waals surface area contributed by atoms with Crippen LogP contribution in [0.3, 0.4) is 0 Å². The van der Waals surface area contributed by atoms with Crippen molar-refractivity contribution in [3.63, 3.8) is 0 Å². The van der Waals surface area contributed by atoms with E-state index in [1.807, 2.05) is 19.1 Å². The van der Waals surface area contributed by atoms with Crippen molar-refractivity contribution < 1.29 is 4.39 Å². The summed E-state index contributed by atoms with van der Waals surface area (Å²) in [6.45, 7) is 1.86. The Morgan fingerprint density at radius 2 is 1.94 bits per heavy atom. The van der Waals surface area contributed by atoms with Gasteiger partial charge in [-0.1, -0.05) is 6.07 Å². The molecule has 1 heterocycles. The fourth-order valence-electron chi connectivity index (χ4n) is 1.69. The monoisotopic (exact) mass is 377 g/mol. The second-order valence-corrected chi connectivity index (χ2v) is 7.57. The van der Waals surface area contributed by atoms with E-state index in [0.29, 0.717) is 0 Å². The highest BCUT2D eigenvalue weighted by Gasteiger charge is 2.16. The van der Waals surface area contributed by atoms with E-state index in [2.05, 4.69) is 31.9 Å². The van der Waals surface area contributed by atoms with E-state index in [1.165, 1.54) is 12.1 Å². The lowest BCUT2D eigenvalue weighted by Gasteiger charge is -2.12. The van der Waals surface area contributed by atoms with Crippen LogP contribution in [-0.4, -0.2) is 0 Å². The molecule has 90 valence electrons. The molecule has 0 aliphatic carbocycles. The van der Waals surface area contributed by atoms with Gasteiger partial charge in [-0.15, -0.1) is 11.3 Å². The Kier molecular flexibility index (Phi) is 4.02. The molecule has 1 nitrogen and oxygen atoms in total. The fraction of sp³-hybridized carbons (Fsp3) is 0.167. The lowest BCUT2D eigenvalue weighted by Crippen LogP contribution is -2.12. The third-order valence-corrected chi connectivity index (χ3v) is 4.83. The molecule has 0 aliphatic rings. The van der Waals surface area contributed by atoms with Crippen LogP contribution >= 0.6 is 43.2 Å². The van der Waals surface area contributed by atoms with E-state index >= 15 is 0 Å². The molecule has 2 N–H and O–H groups in total. The zero-order chi connectivity index (χ0) is 12.6. The number of benzene rings is 1. The Labute approximate surface area is 120 Å². The first kappa shape index (κ1) is 13.2. The standard InChI is InChI=1S/C12H10Br2FNS/c1-6-2-7(4-8(15)3-6)11(16)9-5-10(13)17-12(9)14/h2-5,11H,16H2,1H3. The smallest absolute Gasteiger partial charge is 0.123 e. The van der Waals surface area contributed by atoms with Gasteiger partial charge in [0.25, 0.3) is 0 Å². The van der Waals surface area contributed by atoms with Crippen LogP contribution in [0.15, 0.2) is 31.8 Å². The maximum Gasteiger partial charge on any atom is 0.123 e. The lowest BCUT2D eigenvalue weighted by atomic mass is 10.0. The van der Waals surface area contributed by atoms with Crippen molar-refractivity contribution in [1.82, 2.24) is 0 Å². The molecule has 17 heavy (non-hydrogen) atoms. The Bertz CT molecular complexity index is 533. The van der Waals surface area contributed by atoms with Crippen LogP contribution in [0.5, 0.6) is 0 Å². The SMILES string of the molecule is Cc1cc(F)cc(C(N)c2cc(Br)sc2Br)c1. The van der Waals surface area contributed by atoms with Gasteiger partial charge in [0.2, 0.25) is 0 Å². The predicted octanol–water partition coefficient (Wildman–Crippen LogP) is 4.77. The molecular formula is C12H10Br2FNS. The minimum atomic E-state index is -0.318. The van der Waals surface area contributed by atoms with E-state index in [0.717, 1.165) is 24.3 Å². The molecule has 0 spiro atoms. The van der Waals surface area contributed by atoms with Crippen LogP contribution in [0, 0.1) is 12.7 Å². The predicted molar refractivity (Wildman–Crippen MR) is 76.9 cm³/mol. The Hall–Kier alpha value is -0.230. The van der Waals surface area contributed by atoms with Crippen LogP contribution < -0.4 is 5.73 Å². The number of halogens is 3. The van der Waals surface area contributed by atoms with E-state index in [4.69, 9.17) is 5.73 Å². The van der Waals surface area contributed by atoms with E-state index in [9.17, 15) is 4.39 Å². The van der Waals surface area contributed by atoms with Crippen molar-refractivity contribution in [2.45, 2.75) is 13.0 Å². The summed E-state index contributed by atoms with van der Waals surface area (Å²) < 4.78 is 15.3. The molecule has 1 atom stereocenters. The van der Waals surface area contributed by atoms with E-state index in [1.54, 1.807) is 11.3 Å². The van der Waals surface area contributed by atoms with Crippen molar-refractivity contribution in [3.05, 3.63) is 54.3 Å². The molecule has 0 fully saturated rings. The number of rotatable bonds is 2. The maximum atomic E-state index is 13.3. The largest absolute Gasteiger partial charge is 0.320 e. The number of aryl methyl sites for hydroxylation is 1. The minimum Gasteiger partial charge on any atom is -0.320 e. The van der Waals surface area contributed by atoms with Gasteiger partial charge >= 0.3 is 0 Å². The van der Waals surface area contributed by atoms with Gasteiger partial charge in [-0.25, -0.2) is 4.39 Å². The molecule has 0 saturated heterocycles. The van der Waals surface area contributed by atoms with Gasteiger partial charge in [-0.05, 0) is 73.7 Å². The van der Waals surface area contributed by atoms with Crippen LogP contribution in [0.4, 0.5) is 4.39 Å². The van der Waals surface area contributed by atoms with Crippen molar-refractivity contribution >= 4 is 43.2 Å². The van der Waals surface area contributed by atoms with Crippen LogP contribution in [-0.2, 0) is 0 Å². The highest BCUT2D eigenvalue weighted by Crippen LogP contribution is 2.37. The number of thiophene rings is 1. The second-order valence-electron chi connectivity index (χ2n) is 3.82. The lowest BCUT2D eigenvalue weighted by molar-refractivity contribution is 0.622. The topological polar surface area (TPSA) is 26.0 Å². The summed E-state index contributed by atoms with van der Waals surface area (Å²) in [7, 11) is 0. The summed E-state index contributed by atoms with van der Waals surface area (Å²) in [5.74, 6) is -0.249. The molecule has 2 rings (SSSR count). The first-order valence-electron chi connectivity index (χ1n) is 4.95. The average Bonchev–Trinajstić information content (AvgIpc) is 2.55. The number of hydrogen-bond donors (Lipinski definition) is 1. The first-order valence-corrected chi connectivity index (χ1v) is 7.35. The second kappa shape index (κ2) is 5.18. The van der Waals surface area contributed by atoms with Crippen LogP contribution in [0.2, 0.25) is 0 Å². The molecular weight excluding hydrogens is 369 g/mol. The summed E-state index contributed by atoms with van der Waals surface area (Å²) in [5, 5.41) is 0. The molecule has 1 aromatic carbocycles. The molecule has 0 radical (unpaired) electrons. The van der Waals surface area contributed by atoms with E-state index < -0.39 is 0 Å². The zero-order valence-electron chi connectivity index (χ0n) is 9.01. The summed E-state index contributed by atoms with van der Waals surface area (Å²) in [6, 6.07) is 6.52. The minimum absolute atomic E-state index is 0.249. The summed E-state index contributed by atoms with van der Waals surface area (Å²) in [6.07, 6.45) is 0. The highest BCUT2D eigenvalue weighted by molar-refractivity contribution is 9.12. The summed E-state index contributed by atoms with van der Waals surface area (Å²) >= 11 is 8.44. The first-order chi connectivity index (χ1) is 7.97. The highest BCUT2D eigenvalue weighted by atomic mass is 79.9. The van der Waals surface area contributed by atoms with Crippen molar-refractivity contribution in [1.29, 1.82) is 0 Å². The molecule has 0 bridgehead atoms. The van der Waals surface area contributed by atoms with Gasteiger partial charge in [-0.3, -0.25) is 0 Å². The summed E-state index contributed by atoms with van der Waals surface area (Å²) in [5.41, 5.74) is 8.78. The Balaban J connectivity index is 2.43. The third kappa shape index (κ3) is 2.96. The molecule has 1 unspecified atom stereocenters. The molecule has 1 aromatic heterocycles. The molecule has 0 aliphatic heterocycles. The van der Waals surface area contributed by atoms with Gasteiger partial charge in [0, 0.05) is 0 Å². The van der Waals surface area contributed by atoms with Gasteiger partial charge in [0.1, 0.15) is 5.82 Å². The quantitative estimate of drug-likeness (QED) is 0.800.